The summed E-state index contributed by atoms with van der Waals surface area (Å²) >= 11 is 0. The first-order chi connectivity index (χ1) is 9.13. The van der Waals surface area contributed by atoms with Gasteiger partial charge in [-0.15, -0.1) is 0 Å². The molecule has 1 N–H and O–H groups in total. The van der Waals surface area contributed by atoms with E-state index in [0.717, 1.165) is 24.2 Å². The van der Waals surface area contributed by atoms with Crippen molar-refractivity contribution < 1.29 is 9.84 Å². The van der Waals surface area contributed by atoms with E-state index in [0.29, 0.717) is 12.5 Å². The predicted octanol–water partition coefficient (Wildman–Crippen LogP) is 4.64. The number of benzene rings is 1. The summed E-state index contributed by atoms with van der Waals surface area (Å²) in [5, 5.41) is 10.7. The van der Waals surface area contributed by atoms with E-state index < -0.39 is 6.10 Å². The Labute approximate surface area is 117 Å². The summed E-state index contributed by atoms with van der Waals surface area (Å²) in [6, 6.07) is 6.07. The number of hydrogen-bond acceptors (Lipinski definition) is 2. The Kier molecular flexibility index (Phi) is 6.93. The fourth-order valence-electron chi connectivity index (χ4n) is 2.49. The molecule has 2 heteroatoms. The molecule has 0 aromatic heterocycles. The van der Waals surface area contributed by atoms with Crippen molar-refractivity contribution in [2.24, 2.45) is 5.92 Å². The first kappa shape index (κ1) is 16.0. The summed E-state index contributed by atoms with van der Waals surface area (Å²) in [5.74, 6) is 1.15. The summed E-state index contributed by atoms with van der Waals surface area (Å²) < 4.78 is 5.65. The number of unbranched alkanes of at least 4 members (excludes halogenated alkanes) is 1. The second kappa shape index (κ2) is 8.21. The van der Waals surface area contributed by atoms with Gasteiger partial charge in [-0.2, -0.15) is 0 Å². The molecule has 0 aliphatic heterocycles. The lowest BCUT2D eigenvalue weighted by atomic mass is 9.88. The van der Waals surface area contributed by atoms with E-state index in [9.17, 15) is 5.11 Å². The zero-order valence-electron chi connectivity index (χ0n) is 12.8. The highest BCUT2D eigenvalue weighted by molar-refractivity contribution is 5.38. The molecule has 0 saturated carbocycles. The van der Waals surface area contributed by atoms with Gasteiger partial charge in [-0.25, -0.2) is 0 Å². The summed E-state index contributed by atoms with van der Waals surface area (Å²) in [5.41, 5.74) is 2.12. The zero-order valence-corrected chi connectivity index (χ0v) is 12.8. The summed E-state index contributed by atoms with van der Waals surface area (Å²) in [6.07, 6.45) is 4.01. The van der Waals surface area contributed by atoms with E-state index in [2.05, 4.69) is 26.8 Å². The molecule has 0 heterocycles. The maximum absolute atomic E-state index is 10.7. The van der Waals surface area contributed by atoms with Crippen LogP contribution >= 0.6 is 0 Å². The predicted molar refractivity (Wildman–Crippen MR) is 80.6 cm³/mol. The Morgan fingerprint density at radius 1 is 1.21 bits per heavy atom. The van der Waals surface area contributed by atoms with Crippen LogP contribution in [0, 0.1) is 12.8 Å². The first-order valence-electron chi connectivity index (χ1n) is 7.55. The number of hydrogen-bond donors (Lipinski definition) is 1. The molecule has 0 bridgehead atoms. The average molecular weight is 264 g/mol. The third-order valence-electron chi connectivity index (χ3n) is 3.68. The number of rotatable bonds is 8. The van der Waals surface area contributed by atoms with Crippen molar-refractivity contribution in [3.05, 3.63) is 29.3 Å². The monoisotopic (exact) mass is 264 g/mol. The fourth-order valence-corrected chi connectivity index (χ4v) is 2.49. The highest BCUT2D eigenvalue weighted by atomic mass is 16.5. The largest absolute Gasteiger partial charge is 0.493 e. The molecule has 0 fully saturated rings. The van der Waals surface area contributed by atoms with Crippen LogP contribution in [0.25, 0.3) is 0 Å². The van der Waals surface area contributed by atoms with Crippen molar-refractivity contribution in [3.8, 4) is 5.75 Å². The molecule has 0 saturated heterocycles. The molecule has 0 aliphatic carbocycles. The van der Waals surface area contributed by atoms with Crippen molar-refractivity contribution in [1.82, 2.24) is 0 Å². The SMILES string of the molecule is CCCCC(CC)C(O)c1cc(C)ccc1OCC. The molecule has 2 atom stereocenters. The zero-order chi connectivity index (χ0) is 14.3. The van der Waals surface area contributed by atoms with Crippen LogP contribution in [0.1, 0.15) is 63.7 Å². The molecular weight excluding hydrogens is 236 g/mol. The third-order valence-corrected chi connectivity index (χ3v) is 3.68. The van der Waals surface area contributed by atoms with E-state index in [1.54, 1.807) is 0 Å². The van der Waals surface area contributed by atoms with Gasteiger partial charge in [0.25, 0.3) is 0 Å². The molecule has 1 rings (SSSR count). The highest BCUT2D eigenvalue weighted by Gasteiger charge is 2.22. The maximum atomic E-state index is 10.7. The summed E-state index contributed by atoms with van der Waals surface area (Å²) in [7, 11) is 0. The smallest absolute Gasteiger partial charge is 0.125 e. The van der Waals surface area contributed by atoms with Crippen LogP contribution in [0.15, 0.2) is 18.2 Å². The van der Waals surface area contributed by atoms with Crippen molar-refractivity contribution in [2.75, 3.05) is 6.61 Å². The van der Waals surface area contributed by atoms with E-state index in [1.807, 2.05) is 19.1 Å². The average Bonchev–Trinajstić information content (AvgIpc) is 2.41. The van der Waals surface area contributed by atoms with Crippen LogP contribution < -0.4 is 4.74 Å². The van der Waals surface area contributed by atoms with Crippen molar-refractivity contribution >= 4 is 0 Å². The van der Waals surface area contributed by atoms with Crippen molar-refractivity contribution in [2.45, 2.75) is 59.5 Å². The van der Waals surface area contributed by atoms with Crippen LogP contribution in [-0.2, 0) is 0 Å². The standard InChI is InChI=1S/C17H28O2/c1-5-8-9-14(6-2)17(18)15-12-13(4)10-11-16(15)19-7-3/h10-12,14,17-18H,5-9H2,1-4H3. The van der Waals surface area contributed by atoms with Crippen LogP contribution in [-0.4, -0.2) is 11.7 Å². The fraction of sp³-hybridized carbons (Fsp3) is 0.647. The molecule has 0 amide bonds. The Hall–Kier alpha value is -1.02. The molecular formula is C17H28O2. The van der Waals surface area contributed by atoms with Gasteiger partial charge < -0.3 is 9.84 Å². The third kappa shape index (κ3) is 4.54. The first-order valence-corrected chi connectivity index (χ1v) is 7.55. The van der Waals surface area contributed by atoms with Gasteiger partial charge in [0.15, 0.2) is 0 Å². The lowest BCUT2D eigenvalue weighted by Gasteiger charge is -2.24. The lowest BCUT2D eigenvalue weighted by molar-refractivity contribution is 0.0954. The summed E-state index contributed by atoms with van der Waals surface area (Å²) in [6.45, 7) is 9.01. The van der Waals surface area contributed by atoms with Crippen LogP contribution in [0.4, 0.5) is 0 Å². The van der Waals surface area contributed by atoms with E-state index in [4.69, 9.17) is 4.74 Å². The van der Waals surface area contributed by atoms with E-state index in [-0.39, 0.29) is 0 Å². The molecule has 0 spiro atoms. The molecule has 19 heavy (non-hydrogen) atoms. The van der Waals surface area contributed by atoms with Crippen LogP contribution in [0.3, 0.4) is 0 Å². The minimum atomic E-state index is -0.419. The van der Waals surface area contributed by atoms with Gasteiger partial charge in [-0.1, -0.05) is 44.7 Å². The molecule has 0 radical (unpaired) electrons. The minimum absolute atomic E-state index is 0.320. The topological polar surface area (TPSA) is 29.5 Å². The van der Waals surface area contributed by atoms with Gasteiger partial charge in [0.2, 0.25) is 0 Å². The van der Waals surface area contributed by atoms with Crippen molar-refractivity contribution in [3.63, 3.8) is 0 Å². The van der Waals surface area contributed by atoms with Crippen LogP contribution in [0.2, 0.25) is 0 Å². The van der Waals surface area contributed by atoms with Gasteiger partial charge in [0.05, 0.1) is 12.7 Å². The Morgan fingerprint density at radius 3 is 2.53 bits per heavy atom. The van der Waals surface area contributed by atoms with Gasteiger partial charge >= 0.3 is 0 Å². The molecule has 0 aliphatic rings. The van der Waals surface area contributed by atoms with Gasteiger partial charge in [0.1, 0.15) is 5.75 Å². The minimum Gasteiger partial charge on any atom is -0.493 e. The van der Waals surface area contributed by atoms with E-state index in [1.165, 1.54) is 18.4 Å². The number of aliphatic hydroxyl groups excluding tert-OH is 1. The van der Waals surface area contributed by atoms with Crippen molar-refractivity contribution in [1.29, 1.82) is 0 Å². The quantitative estimate of drug-likeness (QED) is 0.741. The Balaban J connectivity index is 2.94. The molecule has 2 unspecified atom stereocenters. The number of ether oxygens (including phenoxy) is 1. The number of aliphatic hydroxyl groups is 1. The van der Waals surface area contributed by atoms with Gasteiger partial charge in [-0.05, 0) is 38.3 Å². The Bertz CT molecular complexity index is 374. The highest BCUT2D eigenvalue weighted by Crippen LogP contribution is 2.34. The Morgan fingerprint density at radius 2 is 1.95 bits per heavy atom. The second-order valence-corrected chi connectivity index (χ2v) is 5.23. The lowest BCUT2D eigenvalue weighted by Crippen LogP contribution is -2.13. The van der Waals surface area contributed by atoms with Gasteiger partial charge in [-0.3, -0.25) is 0 Å². The summed E-state index contributed by atoms with van der Waals surface area (Å²) in [4.78, 5) is 0. The molecule has 1 aromatic rings. The van der Waals surface area contributed by atoms with E-state index >= 15 is 0 Å². The molecule has 108 valence electrons. The molecule has 1 aromatic carbocycles. The number of aryl methyl sites for hydroxylation is 1. The maximum Gasteiger partial charge on any atom is 0.125 e. The second-order valence-electron chi connectivity index (χ2n) is 5.23. The van der Waals surface area contributed by atoms with Gasteiger partial charge in [0, 0.05) is 5.56 Å². The molecule has 2 nitrogen and oxygen atoms in total. The normalized spacial score (nSPS) is 14.2. The van der Waals surface area contributed by atoms with Crippen LogP contribution in [0.5, 0.6) is 5.75 Å².